The highest BCUT2D eigenvalue weighted by atomic mass is 33.1. The summed E-state index contributed by atoms with van der Waals surface area (Å²) in [5.41, 5.74) is 2.97. The van der Waals surface area contributed by atoms with Crippen LogP contribution in [-0.2, 0) is 0 Å². The van der Waals surface area contributed by atoms with Crippen molar-refractivity contribution in [1.29, 1.82) is 0 Å². The fourth-order valence-electron chi connectivity index (χ4n) is 1.67. The molecule has 0 radical (unpaired) electrons. The lowest BCUT2D eigenvalue weighted by Gasteiger charge is -2.10. The van der Waals surface area contributed by atoms with Gasteiger partial charge < -0.3 is 10.6 Å². The van der Waals surface area contributed by atoms with Crippen LogP contribution in [0.2, 0.25) is 0 Å². The molecule has 0 aromatic heterocycles. The van der Waals surface area contributed by atoms with Gasteiger partial charge in [0.2, 0.25) is 0 Å². The normalized spacial score (nSPS) is 21.8. The van der Waals surface area contributed by atoms with Crippen LogP contribution in [0, 0.1) is 6.92 Å². The van der Waals surface area contributed by atoms with E-state index in [1.165, 1.54) is 17.5 Å². The smallest absolute Gasteiger partial charge is 0.0428 e. The molecule has 0 bridgehead atoms. The summed E-state index contributed by atoms with van der Waals surface area (Å²) >= 11 is 0. The highest BCUT2D eigenvalue weighted by Gasteiger charge is 2.25. The number of rotatable bonds is 2. The van der Waals surface area contributed by atoms with Gasteiger partial charge in [0.05, 0.1) is 0 Å². The van der Waals surface area contributed by atoms with E-state index in [-0.39, 0.29) is 5.48 Å². The average molecular weight is 288 g/mol. The van der Waals surface area contributed by atoms with Gasteiger partial charge in [-0.05, 0) is 30.9 Å². The predicted molar refractivity (Wildman–Crippen MR) is 84.2 cm³/mol. The molecule has 2 nitrogen and oxygen atoms in total. The molecule has 1 aromatic carbocycles. The Kier molecular flexibility index (Phi) is 9.64. The van der Waals surface area contributed by atoms with Gasteiger partial charge in [0, 0.05) is 17.1 Å². The van der Waals surface area contributed by atoms with Crippen LogP contribution >= 0.6 is 21.6 Å². The highest BCUT2D eigenvalue weighted by Crippen LogP contribution is 2.52. The molecule has 4 heteroatoms. The van der Waals surface area contributed by atoms with Crippen molar-refractivity contribution >= 4 is 21.6 Å². The fraction of sp³-hybridized carbons (Fsp3) is 0.571. The number of hydrogen-bond donors (Lipinski definition) is 1. The van der Waals surface area contributed by atoms with Crippen LogP contribution in [0.4, 0.5) is 0 Å². The van der Waals surface area contributed by atoms with Gasteiger partial charge in [0.25, 0.3) is 0 Å². The van der Waals surface area contributed by atoms with Gasteiger partial charge in [-0.2, -0.15) is 0 Å². The minimum atomic E-state index is 0. The van der Waals surface area contributed by atoms with Gasteiger partial charge in [-0.1, -0.05) is 59.7 Å². The molecule has 2 atom stereocenters. The van der Waals surface area contributed by atoms with Crippen molar-refractivity contribution in [3.63, 3.8) is 0 Å². The summed E-state index contributed by atoms with van der Waals surface area (Å²) in [4.78, 5) is 0. The van der Waals surface area contributed by atoms with E-state index in [0.29, 0.717) is 6.61 Å². The monoisotopic (exact) mass is 288 g/mol. The lowest BCUT2D eigenvalue weighted by molar-refractivity contribution is 0.295. The Labute approximate surface area is 118 Å². The Balaban J connectivity index is 0.000000512. The van der Waals surface area contributed by atoms with E-state index in [0.717, 1.165) is 16.9 Å². The Morgan fingerprint density at radius 3 is 2.33 bits per heavy atom. The first-order valence-corrected chi connectivity index (χ1v) is 8.45. The second kappa shape index (κ2) is 9.73. The third-order valence-corrected chi connectivity index (χ3v) is 5.97. The van der Waals surface area contributed by atoms with Gasteiger partial charge in [-0.25, -0.2) is 0 Å². The van der Waals surface area contributed by atoms with Crippen LogP contribution < -0.4 is 0 Å². The zero-order valence-corrected chi connectivity index (χ0v) is 13.0. The molecule has 3 N–H and O–H groups in total. The van der Waals surface area contributed by atoms with Crippen molar-refractivity contribution in [3.8, 4) is 0 Å². The molecule has 1 fully saturated rings. The van der Waals surface area contributed by atoms with E-state index < -0.39 is 0 Å². The van der Waals surface area contributed by atoms with Crippen LogP contribution in [0.1, 0.15) is 43.1 Å². The molecule has 0 amide bonds. The maximum Gasteiger partial charge on any atom is 0.0428 e. The van der Waals surface area contributed by atoms with Crippen molar-refractivity contribution in [2.24, 2.45) is 0 Å². The molecule has 1 saturated heterocycles. The quantitative estimate of drug-likeness (QED) is 0.843. The summed E-state index contributed by atoms with van der Waals surface area (Å²) in [6, 6.07) is 8.75. The van der Waals surface area contributed by atoms with Crippen LogP contribution in [0.5, 0.6) is 0 Å². The van der Waals surface area contributed by atoms with E-state index in [9.17, 15) is 0 Å². The molecule has 18 heavy (non-hydrogen) atoms. The zero-order valence-electron chi connectivity index (χ0n) is 11.3. The van der Waals surface area contributed by atoms with Crippen molar-refractivity contribution in [3.05, 3.63) is 35.4 Å². The third kappa shape index (κ3) is 5.65. The second-order valence-electron chi connectivity index (χ2n) is 4.31. The average Bonchev–Trinajstić information content (AvgIpc) is 2.77. The summed E-state index contributed by atoms with van der Waals surface area (Å²) in [5, 5.41) is 9.41. The van der Waals surface area contributed by atoms with Gasteiger partial charge in [-0.3, -0.25) is 0 Å². The molecule has 1 heterocycles. The Morgan fingerprint density at radius 2 is 1.89 bits per heavy atom. The van der Waals surface area contributed by atoms with Crippen LogP contribution in [0.25, 0.3) is 0 Å². The number of benzene rings is 1. The molecule has 0 saturated carbocycles. The minimum Gasteiger partial charge on any atom is -0.412 e. The molecular weight excluding hydrogens is 264 g/mol. The lowest BCUT2D eigenvalue weighted by Crippen LogP contribution is -1.96. The maximum absolute atomic E-state index is 7.88. The number of aliphatic hydroxyl groups is 1. The summed E-state index contributed by atoms with van der Waals surface area (Å²) in [6.07, 6.45) is 2.19. The van der Waals surface area contributed by atoms with Crippen molar-refractivity contribution in [1.82, 2.24) is 0 Å². The third-order valence-electron chi connectivity index (χ3n) is 2.64. The zero-order chi connectivity index (χ0) is 12.7. The number of aliphatic hydroxyl groups excluding tert-OH is 1. The van der Waals surface area contributed by atoms with Crippen molar-refractivity contribution in [2.45, 2.75) is 44.1 Å². The van der Waals surface area contributed by atoms with E-state index in [4.69, 9.17) is 5.11 Å². The second-order valence-corrected chi connectivity index (χ2v) is 7.22. The Hall–Kier alpha value is -0.160. The van der Waals surface area contributed by atoms with Crippen LogP contribution in [0.15, 0.2) is 24.3 Å². The molecule has 0 spiro atoms. The number of hydrogen-bond acceptors (Lipinski definition) is 3. The van der Waals surface area contributed by atoms with Gasteiger partial charge in [-0.15, -0.1) is 0 Å². The summed E-state index contributed by atoms with van der Waals surface area (Å²) < 4.78 is 0. The summed E-state index contributed by atoms with van der Waals surface area (Å²) in [5.74, 6) is 0. The van der Waals surface area contributed by atoms with Gasteiger partial charge in [0.15, 0.2) is 0 Å². The molecule has 0 aliphatic carbocycles. The summed E-state index contributed by atoms with van der Waals surface area (Å²) in [6.45, 7) is 6.78. The van der Waals surface area contributed by atoms with E-state index in [1.807, 2.05) is 28.5 Å². The number of aryl methyl sites for hydroxylation is 1. The molecule has 2 rings (SSSR count). The molecular formula is C14H24O2S2. The van der Waals surface area contributed by atoms with E-state index in [1.54, 1.807) is 0 Å². The SMILES string of the molecule is CCCO.Cc1ccccc1[C@@H]1CC(C)SS1.O. The molecule has 1 unspecified atom stereocenters. The fourth-order valence-corrected chi connectivity index (χ4v) is 4.87. The molecule has 1 aliphatic rings. The first-order chi connectivity index (χ1) is 8.19. The first-order valence-electron chi connectivity index (χ1n) is 6.17. The van der Waals surface area contributed by atoms with Gasteiger partial charge >= 0.3 is 0 Å². The van der Waals surface area contributed by atoms with E-state index >= 15 is 0 Å². The molecule has 1 aromatic rings. The van der Waals surface area contributed by atoms with Crippen LogP contribution in [0.3, 0.4) is 0 Å². The molecule has 1 aliphatic heterocycles. The highest BCUT2D eigenvalue weighted by molar-refractivity contribution is 8.77. The standard InChI is InChI=1S/C11H14S2.C3H8O.H2O/c1-8-5-3-4-6-10(8)11-7-9(2)12-13-11;1-2-3-4;/h3-6,9,11H,7H2,1-2H3;4H,2-3H2,1H3;1H2/t9?,11-;;/m0../s1. The summed E-state index contributed by atoms with van der Waals surface area (Å²) in [7, 11) is 4.06. The Bertz CT molecular complexity index is 329. The maximum atomic E-state index is 7.88. The largest absolute Gasteiger partial charge is 0.412 e. The Morgan fingerprint density at radius 1 is 1.28 bits per heavy atom. The predicted octanol–water partition coefficient (Wildman–Crippen LogP) is 3.77. The topological polar surface area (TPSA) is 51.7 Å². The lowest BCUT2D eigenvalue weighted by atomic mass is 10.0. The van der Waals surface area contributed by atoms with Crippen LogP contribution in [-0.4, -0.2) is 22.4 Å². The van der Waals surface area contributed by atoms with Crippen molar-refractivity contribution < 1.29 is 10.6 Å². The first kappa shape index (κ1) is 17.8. The van der Waals surface area contributed by atoms with E-state index in [2.05, 4.69) is 38.1 Å². The van der Waals surface area contributed by atoms with Gasteiger partial charge in [0.1, 0.15) is 0 Å². The van der Waals surface area contributed by atoms with Crippen molar-refractivity contribution in [2.75, 3.05) is 6.61 Å². The minimum absolute atomic E-state index is 0. The molecule has 104 valence electrons.